The van der Waals surface area contributed by atoms with Gasteiger partial charge in [0, 0.05) is 40.4 Å². The highest BCUT2D eigenvalue weighted by atomic mass is 16.2. The molecule has 1 aliphatic heterocycles. The molecule has 94 valence electrons. The van der Waals surface area contributed by atoms with Crippen molar-refractivity contribution in [2.75, 3.05) is 27.2 Å². The van der Waals surface area contributed by atoms with Gasteiger partial charge in [-0.05, 0) is 19.0 Å². The number of carbonyl (C=O) groups is 1. The van der Waals surface area contributed by atoms with Gasteiger partial charge in [0.15, 0.2) is 0 Å². The molecular formula is C12H20N4O. The summed E-state index contributed by atoms with van der Waals surface area (Å²) in [5, 5.41) is 4.16. The molecule has 0 aromatic carbocycles. The predicted octanol–water partition coefficient (Wildman–Crippen LogP) is 0.330. The van der Waals surface area contributed by atoms with E-state index in [1.54, 1.807) is 4.90 Å². The lowest BCUT2D eigenvalue weighted by molar-refractivity contribution is -0.132. The van der Waals surface area contributed by atoms with E-state index in [4.69, 9.17) is 0 Å². The first-order valence-electron chi connectivity index (χ1n) is 5.98. The maximum Gasteiger partial charge on any atom is 0.226 e. The quantitative estimate of drug-likeness (QED) is 0.759. The molecule has 1 aromatic heterocycles. The minimum atomic E-state index is 0.165. The first-order valence-corrected chi connectivity index (χ1v) is 5.98. The van der Waals surface area contributed by atoms with Crippen LogP contribution in [0.25, 0.3) is 0 Å². The highest BCUT2D eigenvalue weighted by Crippen LogP contribution is 2.19. The van der Waals surface area contributed by atoms with Crippen LogP contribution in [0.5, 0.6) is 0 Å². The van der Waals surface area contributed by atoms with Crippen LogP contribution in [0.4, 0.5) is 0 Å². The molecule has 0 aliphatic carbocycles. The van der Waals surface area contributed by atoms with Gasteiger partial charge in [0.05, 0.1) is 11.6 Å². The smallest absolute Gasteiger partial charge is 0.226 e. The topological polar surface area (TPSA) is 41.4 Å². The van der Waals surface area contributed by atoms with Crippen molar-refractivity contribution >= 4 is 5.91 Å². The van der Waals surface area contributed by atoms with E-state index in [0.717, 1.165) is 26.1 Å². The molecule has 1 saturated heterocycles. The third-order valence-electron chi connectivity index (χ3n) is 3.37. The van der Waals surface area contributed by atoms with Crippen molar-refractivity contribution in [2.45, 2.75) is 13.0 Å². The lowest BCUT2D eigenvalue weighted by Crippen LogP contribution is -2.31. The summed E-state index contributed by atoms with van der Waals surface area (Å²) in [4.78, 5) is 15.9. The molecule has 1 amide bonds. The van der Waals surface area contributed by atoms with Gasteiger partial charge in [-0.15, -0.1) is 0 Å². The van der Waals surface area contributed by atoms with Crippen LogP contribution in [0.15, 0.2) is 12.3 Å². The van der Waals surface area contributed by atoms with Crippen molar-refractivity contribution in [2.24, 2.45) is 13.0 Å². The van der Waals surface area contributed by atoms with Crippen LogP contribution in [-0.2, 0) is 18.4 Å². The summed E-state index contributed by atoms with van der Waals surface area (Å²) in [6, 6.07) is 2.03. The third-order valence-corrected chi connectivity index (χ3v) is 3.37. The zero-order chi connectivity index (χ0) is 12.4. The number of likely N-dealkylation sites (tertiary alicyclic amines) is 1. The monoisotopic (exact) mass is 236 g/mol. The Kier molecular flexibility index (Phi) is 3.47. The van der Waals surface area contributed by atoms with Crippen molar-refractivity contribution < 1.29 is 4.79 Å². The molecule has 1 aliphatic rings. The standard InChI is InChI=1S/C12H20N4O/c1-14(2)12(17)10-5-7-16(8-10)9-11-4-6-13-15(11)3/h4,6,10H,5,7-9H2,1-3H3/t10-/m1/s1. The van der Waals surface area contributed by atoms with Crippen LogP contribution in [0.3, 0.4) is 0 Å². The number of carbonyl (C=O) groups excluding carboxylic acids is 1. The molecule has 5 heteroatoms. The van der Waals surface area contributed by atoms with E-state index in [-0.39, 0.29) is 11.8 Å². The molecule has 0 N–H and O–H groups in total. The highest BCUT2D eigenvalue weighted by molar-refractivity contribution is 5.78. The van der Waals surface area contributed by atoms with E-state index >= 15 is 0 Å². The maximum atomic E-state index is 11.8. The average molecular weight is 236 g/mol. The molecule has 1 atom stereocenters. The SMILES string of the molecule is CN(C)C(=O)[C@@H]1CCN(Cc2ccnn2C)C1. The molecule has 0 unspecified atom stereocenters. The fourth-order valence-electron chi connectivity index (χ4n) is 2.33. The van der Waals surface area contributed by atoms with E-state index in [1.807, 2.05) is 38.1 Å². The van der Waals surface area contributed by atoms with Crippen molar-refractivity contribution in [3.05, 3.63) is 18.0 Å². The molecule has 2 rings (SSSR count). The highest BCUT2D eigenvalue weighted by Gasteiger charge is 2.29. The van der Waals surface area contributed by atoms with Crippen molar-refractivity contribution in [1.82, 2.24) is 19.6 Å². The van der Waals surface area contributed by atoms with Gasteiger partial charge in [0.1, 0.15) is 0 Å². The lowest BCUT2D eigenvalue weighted by Gasteiger charge is -2.18. The molecule has 0 bridgehead atoms. The van der Waals surface area contributed by atoms with Crippen molar-refractivity contribution in [3.8, 4) is 0 Å². The Morgan fingerprint density at radius 2 is 2.35 bits per heavy atom. The normalized spacial score (nSPS) is 20.8. The molecule has 5 nitrogen and oxygen atoms in total. The first-order chi connectivity index (χ1) is 8.08. The number of nitrogens with zero attached hydrogens (tertiary/aromatic N) is 4. The molecule has 2 heterocycles. The molecule has 0 spiro atoms. The minimum Gasteiger partial charge on any atom is -0.349 e. The summed E-state index contributed by atoms with van der Waals surface area (Å²) in [6.45, 7) is 2.74. The number of rotatable bonds is 3. The van der Waals surface area contributed by atoms with Crippen molar-refractivity contribution in [1.29, 1.82) is 0 Å². The number of aromatic nitrogens is 2. The molecule has 1 fully saturated rings. The van der Waals surface area contributed by atoms with E-state index in [1.165, 1.54) is 5.69 Å². The Bertz CT molecular complexity index is 399. The van der Waals surface area contributed by atoms with E-state index < -0.39 is 0 Å². The number of hydrogen-bond acceptors (Lipinski definition) is 3. The van der Waals surface area contributed by atoms with Crippen LogP contribution < -0.4 is 0 Å². The summed E-state index contributed by atoms with van der Waals surface area (Å²) in [7, 11) is 5.60. The fraction of sp³-hybridized carbons (Fsp3) is 0.667. The maximum absolute atomic E-state index is 11.8. The molecular weight excluding hydrogens is 216 g/mol. The lowest BCUT2D eigenvalue weighted by atomic mass is 10.1. The van der Waals surface area contributed by atoms with Gasteiger partial charge in [-0.1, -0.05) is 0 Å². The van der Waals surface area contributed by atoms with E-state index in [0.29, 0.717) is 0 Å². The van der Waals surface area contributed by atoms with Crippen LogP contribution >= 0.6 is 0 Å². The second kappa shape index (κ2) is 4.87. The van der Waals surface area contributed by atoms with Gasteiger partial charge in [0.25, 0.3) is 0 Å². The van der Waals surface area contributed by atoms with Gasteiger partial charge in [-0.25, -0.2) is 0 Å². The zero-order valence-electron chi connectivity index (χ0n) is 10.8. The Balaban J connectivity index is 1.90. The second-order valence-corrected chi connectivity index (χ2v) is 4.90. The summed E-state index contributed by atoms with van der Waals surface area (Å²) in [5.41, 5.74) is 1.20. The second-order valence-electron chi connectivity index (χ2n) is 4.90. The predicted molar refractivity (Wildman–Crippen MR) is 65.3 cm³/mol. The molecule has 0 saturated carbocycles. The van der Waals surface area contributed by atoms with Crippen LogP contribution in [0.2, 0.25) is 0 Å². The van der Waals surface area contributed by atoms with E-state index in [2.05, 4.69) is 10.00 Å². The summed E-state index contributed by atoms with van der Waals surface area (Å²) in [6.07, 6.45) is 2.78. The van der Waals surface area contributed by atoms with Gasteiger partial charge in [0.2, 0.25) is 5.91 Å². The summed E-state index contributed by atoms with van der Waals surface area (Å²) >= 11 is 0. The summed E-state index contributed by atoms with van der Waals surface area (Å²) < 4.78 is 1.89. The van der Waals surface area contributed by atoms with E-state index in [9.17, 15) is 4.79 Å². The molecule has 1 aromatic rings. The summed E-state index contributed by atoms with van der Waals surface area (Å²) in [5.74, 6) is 0.413. The fourth-order valence-corrected chi connectivity index (χ4v) is 2.33. The van der Waals surface area contributed by atoms with Crippen molar-refractivity contribution in [3.63, 3.8) is 0 Å². The Morgan fingerprint density at radius 1 is 1.59 bits per heavy atom. The first kappa shape index (κ1) is 12.1. The van der Waals surface area contributed by atoms with Crippen LogP contribution in [0.1, 0.15) is 12.1 Å². The largest absolute Gasteiger partial charge is 0.349 e. The number of aryl methyl sites for hydroxylation is 1. The number of hydrogen-bond donors (Lipinski definition) is 0. The van der Waals surface area contributed by atoms with Gasteiger partial charge < -0.3 is 4.90 Å². The Morgan fingerprint density at radius 3 is 2.94 bits per heavy atom. The van der Waals surface area contributed by atoms with Gasteiger partial charge in [-0.2, -0.15) is 5.10 Å². The minimum absolute atomic E-state index is 0.165. The molecule has 0 radical (unpaired) electrons. The average Bonchev–Trinajstić information content (AvgIpc) is 2.88. The third kappa shape index (κ3) is 2.66. The molecule has 17 heavy (non-hydrogen) atoms. The van der Waals surface area contributed by atoms with Gasteiger partial charge >= 0.3 is 0 Å². The Labute approximate surface area is 102 Å². The Hall–Kier alpha value is -1.36. The van der Waals surface area contributed by atoms with Crippen LogP contribution in [-0.4, -0.2) is 52.7 Å². The number of amides is 1. The van der Waals surface area contributed by atoms with Crippen LogP contribution in [0, 0.1) is 5.92 Å². The van der Waals surface area contributed by atoms with Gasteiger partial charge in [-0.3, -0.25) is 14.4 Å². The zero-order valence-corrected chi connectivity index (χ0v) is 10.8.